The van der Waals surface area contributed by atoms with Crippen LogP contribution in [-0.4, -0.2) is 117 Å². The molecule has 68 heavy (non-hydrogen) atoms. The molecule has 3 aliphatic rings. The molecule has 5 N–H and O–H groups in total. The highest BCUT2D eigenvalue weighted by Gasteiger charge is 2.49. The summed E-state index contributed by atoms with van der Waals surface area (Å²) in [6.45, 7) is 10.3. The van der Waals surface area contributed by atoms with E-state index >= 15 is 0 Å². The Bertz CT molecular complexity index is 2740. The van der Waals surface area contributed by atoms with E-state index in [0.29, 0.717) is 30.4 Å². The van der Waals surface area contributed by atoms with Crippen LogP contribution in [0.4, 0.5) is 11.4 Å². The number of allylic oxidation sites excluding steroid dienone is 8. The Kier molecular flexibility index (Phi) is 17.6. The van der Waals surface area contributed by atoms with E-state index in [2.05, 4.69) is 10.6 Å². The summed E-state index contributed by atoms with van der Waals surface area (Å²) in [4.78, 5) is 43.2. The van der Waals surface area contributed by atoms with Crippen LogP contribution >= 0.6 is 0 Å². The standard InChI is InChI=1S/C48H64N4O13S3/c1-6-65-43(53)20-8-7-13-25-49-44(54)48(45(55)50-26-31-68(62,63)64)33-35(21-23-41-46(2,3)37-16-9-11-18-39(37)51(41)27-14-29-66(56,57)58)32-36(34-48)22-24-42-47(4,5)38-17-10-12-19-40(38)52(42)28-15-30-67(59,60)61/h9-12,16-19,21-24,32H,6-8,13-15,20,25-31,33-34H2,1-5H3,(H4-,49,50,54,55,56,57,58,59,60,61,62,63,64)/p+1. The number of ether oxygens (including phenoxy) is 1. The minimum Gasteiger partial charge on any atom is -0.466 e. The van der Waals surface area contributed by atoms with Gasteiger partial charge in [-0.25, -0.2) is 0 Å². The van der Waals surface area contributed by atoms with Crippen molar-refractivity contribution in [3.8, 4) is 0 Å². The van der Waals surface area contributed by atoms with Crippen LogP contribution in [0.1, 0.15) is 97.1 Å². The minimum atomic E-state index is -4.49. The first-order valence-corrected chi connectivity index (χ1v) is 27.6. The van der Waals surface area contributed by atoms with Crippen LogP contribution in [0, 0.1) is 5.41 Å². The molecule has 0 radical (unpaired) electrons. The van der Waals surface area contributed by atoms with Gasteiger partial charge in [-0.1, -0.05) is 74.9 Å². The summed E-state index contributed by atoms with van der Waals surface area (Å²) < 4.78 is 106. The molecular weight excluding hydrogens is 937 g/mol. The Morgan fingerprint density at radius 1 is 0.721 bits per heavy atom. The van der Waals surface area contributed by atoms with Gasteiger partial charge in [0.05, 0.1) is 29.3 Å². The van der Waals surface area contributed by atoms with Gasteiger partial charge in [-0.15, -0.1) is 0 Å². The monoisotopic (exact) mass is 1000 g/mol. The summed E-state index contributed by atoms with van der Waals surface area (Å²) in [6.07, 6.45) is 11.0. The van der Waals surface area contributed by atoms with E-state index in [1.807, 2.05) is 104 Å². The fraction of sp³-hybridized carbons (Fsp3) is 0.500. The highest BCUT2D eigenvalue weighted by Crippen LogP contribution is 2.48. The highest BCUT2D eigenvalue weighted by atomic mass is 32.2. The Hall–Kier alpha value is -4.99. The summed E-state index contributed by atoms with van der Waals surface area (Å²) in [5.74, 6) is -3.42. The maximum Gasteiger partial charge on any atom is 0.305 e. The van der Waals surface area contributed by atoms with Crippen LogP contribution < -0.4 is 15.5 Å². The molecule has 2 aromatic carbocycles. The van der Waals surface area contributed by atoms with Crippen molar-refractivity contribution in [2.24, 2.45) is 5.41 Å². The molecule has 0 aromatic heterocycles. The van der Waals surface area contributed by atoms with Crippen molar-refractivity contribution < 1.29 is 62.6 Å². The molecule has 20 heteroatoms. The maximum absolute atomic E-state index is 14.7. The molecular formula is C48H65N4O13S3+. The highest BCUT2D eigenvalue weighted by molar-refractivity contribution is 7.86. The minimum absolute atomic E-state index is 0.119. The van der Waals surface area contributed by atoms with Crippen molar-refractivity contribution in [2.45, 2.75) is 96.8 Å². The van der Waals surface area contributed by atoms with Gasteiger partial charge < -0.3 is 20.3 Å². The second-order valence-corrected chi connectivity index (χ2v) is 23.2. The number of carbonyl (C=O) groups excluding carboxylic acids is 3. The summed E-state index contributed by atoms with van der Waals surface area (Å²) in [5.41, 5.74) is 3.29. The van der Waals surface area contributed by atoms with Crippen LogP contribution in [0.2, 0.25) is 0 Å². The number of rotatable bonds is 23. The van der Waals surface area contributed by atoms with E-state index in [4.69, 9.17) is 4.74 Å². The molecule has 2 aromatic rings. The lowest BCUT2D eigenvalue weighted by Crippen LogP contribution is -2.53. The SMILES string of the molecule is CCOC(=O)CCCCCNC(=O)C1(C(=O)NCCS(=O)(=O)O)CC(/C=C/C2=[N+](CCCS(=O)(=O)O)c3ccccc3C2(C)C)=CC(=C/C=C2/N(CCCS(=O)(=O)O)c3ccccc3C2(C)C)/C1. The molecule has 17 nitrogen and oxygen atoms in total. The van der Waals surface area contributed by atoms with Gasteiger partial charge in [-0.2, -0.15) is 29.8 Å². The van der Waals surface area contributed by atoms with Gasteiger partial charge >= 0.3 is 5.97 Å². The largest absolute Gasteiger partial charge is 0.466 e. The molecule has 0 saturated heterocycles. The number of unbranched alkanes of at least 4 members (excludes halogenated alkanes) is 2. The summed E-state index contributed by atoms with van der Waals surface area (Å²) in [5, 5.41) is 5.52. The Balaban J connectivity index is 1.62. The van der Waals surface area contributed by atoms with Crippen molar-refractivity contribution in [1.82, 2.24) is 10.6 Å². The van der Waals surface area contributed by atoms with Gasteiger partial charge in [0.25, 0.3) is 30.4 Å². The number of fused-ring (bicyclic) bond motifs is 2. The van der Waals surface area contributed by atoms with Crippen LogP contribution in [0.15, 0.2) is 95.8 Å². The average molecular weight is 1000 g/mol. The van der Waals surface area contributed by atoms with Gasteiger partial charge in [0, 0.05) is 67.0 Å². The quantitative estimate of drug-likeness (QED) is 0.0293. The van der Waals surface area contributed by atoms with Gasteiger partial charge in [0.15, 0.2) is 5.71 Å². The topological polar surface area (TPSA) is 254 Å². The van der Waals surface area contributed by atoms with Crippen molar-refractivity contribution in [2.75, 3.05) is 54.9 Å². The zero-order valence-corrected chi connectivity index (χ0v) is 41.8. The van der Waals surface area contributed by atoms with Crippen LogP contribution in [-0.2, 0) is 60.3 Å². The molecule has 2 amide bonds. The van der Waals surface area contributed by atoms with E-state index in [9.17, 15) is 53.3 Å². The molecule has 0 bridgehead atoms. The number of esters is 1. The van der Waals surface area contributed by atoms with Crippen molar-refractivity contribution in [1.29, 1.82) is 0 Å². The molecule has 1 atom stereocenters. The molecule has 2 aliphatic heterocycles. The number of amides is 2. The van der Waals surface area contributed by atoms with Crippen molar-refractivity contribution in [3.05, 3.63) is 107 Å². The number of hydrogen-bond acceptors (Lipinski definition) is 11. The fourth-order valence-corrected chi connectivity index (χ4v) is 10.7. The Labute approximate surface area is 400 Å². The molecule has 372 valence electrons. The first-order chi connectivity index (χ1) is 31.8. The predicted molar refractivity (Wildman–Crippen MR) is 261 cm³/mol. The zero-order chi connectivity index (χ0) is 50.1. The van der Waals surface area contributed by atoms with Crippen LogP contribution in [0.3, 0.4) is 0 Å². The smallest absolute Gasteiger partial charge is 0.305 e. The predicted octanol–water partition coefficient (Wildman–Crippen LogP) is 5.73. The Morgan fingerprint density at radius 2 is 1.34 bits per heavy atom. The third-order valence-electron chi connectivity index (χ3n) is 12.6. The lowest BCUT2D eigenvalue weighted by Gasteiger charge is -2.35. The summed E-state index contributed by atoms with van der Waals surface area (Å²) in [6, 6.07) is 15.4. The van der Waals surface area contributed by atoms with E-state index in [1.165, 1.54) is 0 Å². The van der Waals surface area contributed by atoms with Gasteiger partial charge in [-0.05, 0) is 81.7 Å². The molecule has 1 unspecified atom stereocenters. The lowest BCUT2D eigenvalue weighted by molar-refractivity contribution is -0.437. The third kappa shape index (κ3) is 13.8. The van der Waals surface area contributed by atoms with Gasteiger partial charge in [-0.3, -0.25) is 28.0 Å². The summed E-state index contributed by atoms with van der Waals surface area (Å²) in [7, 11) is -13.0. The number of nitrogens with one attached hydrogen (secondary N) is 2. The lowest BCUT2D eigenvalue weighted by atomic mass is 9.70. The molecule has 1 aliphatic carbocycles. The second-order valence-electron chi connectivity index (χ2n) is 18.4. The number of carbonyl (C=O) groups is 3. The number of para-hydroxylation sites is 2. The molecule has 0 spiro atoms. The summed E-state index contributed by atoms with van der Waals surface area (Å²) >= 11 is 0. The molecule has 5 rings (SSSR count). The van der Waals surface area contributed by atoms with Crippen molar-refractivity contribution >= 4 is 65.2 Å². The Morgan fingerprint density at radius 3 is 2.00 bits per heavy atom. The van der Waals surface area contributed by atoms with Crippen LogP contribution in [0.25, 0.3) is 0 Å². The van der Waals surface area contributed by atoms with E-state index < -0.39 is 82.2 Å². The normalized spacial score (nSPS) is 20.1. The van der Waals surface area contributed by atoms with E-state index in [-0.39, 0.29) is 64.3 Å². The zero-order valence-electron chi connectivity index (χ0n) is 39.4. The first-order valence-electron chi connectivity index (χ1n) is 22.8. The second kappa shape index (κ2) is 22.2. The number of nitrogens with zero attached hydrogens (tertiary/aromatic N) is 2. The molecule has 0 fully saturated rings. The van der Waals surface area contributed by atoms with Gasteiger partial charge in [0.1, 0.15) is 12.0 Å². The first kappa shape index (κ1) is 54.0. The van der Waals surface area contributed by atoms with E-state index in [0.717, 1.165) is 33.9 Å². The average Bonchev–Trinajstić information content (AvgIpc) is 3.59. The fourth-order valence-electron chi connectivity index (χ4n) is 9.32. The number of anilines is 1. The van der Waals surface area contributed by atoms with Crippen LogP contribution in [0.5, 0.6) is 0 Å². The number of hydrogen-bond donors (Lipinski definition) is 5. The van der Waals surface area contributed by atoms with E-state index in [1.54, 1.807) is 19.1 Å². The van der Waals surface area contributed by atoms with Gasteiger partial charge in [0.2, 0.25) is 17.5 Å². The molecule has 2 heterocycles. The maximum atomic E-state index is 14.7. The third-order valence-corrected chi connectivity index (χ3v) is 15.0. The molecule has 0 saturated carbocycles. The number of benzene rings is 2. The van der Waals surface area contributed by atoms with Crippen molar-refractivity contribution in [3.63, 3.8) is 0 Å².